The molecule has 0 heterocycles. The van der Waals surface area contributed by atoms with Gasteiger partial charge in [-0.2, -0.15) is 0 Å². The van der Waals surface area contributed by atoms with Crippen LogP contribution in [0.1, 0.15) is 15.9 Å². The summed E-state index contributed by atoms with van der Waals surface area (Å²) in [6, 6.07) is 3.98. The van der Waals surface area contributed by atoms with Gasteiger partial charge < -0.3 is 4.74 Å². The summed E-state index contributed by atoms with van der Waals surface area (Å²) >= 11 is 5.37. The molecule has 0 radical (unpaired) electrons. The third-order valence-electron chi connectivity index (χ3n) is 1.67. The third-order valence-corrected chi connectivity index (χ3v) is 1.80. The predicted octanol–water partition coefficient (Wildman–Crippen LogP) is 2.20. The number of alkyl halides is 1. The highest BCUT2D eigenvalue weighted by atomic mass is 35.5. The Morgan fingerprint density at radius 3 is 2.93 bits per heavy atom. The lowest BCUT2D eigenvalue weighted by Crippen LogP contribution is -2.04. The van der Waals surface area contributed by atoms with E-state index in [0.717, 1.165) is 0 Å². The summed E-state index contributed by atoms with van der Waals surface area (Å²) in [6.45, 7) is 0. The standard InChI is InChI=1S/C11H8ClFO2/c1-15-11(14)9-7-8(3-2-6-12)4-5-10(9)13/h4-5,7H,6H2,1H3. The fraction of sp³-hybridized carbons (Fsp3) is 0.182. The van der Waals surface area contributed by atoms with Gasteiger partial charge >= 0.3 is 5.97 Å². The van der Waals surface area contributed by atoms with Crippen LogP contribution < -0.4 is 0 Å². The molecule has 15 heavy (non-hydrogen) atoms. The van der Waals surface area contributed by atoms with Crippen LogP contribution in [0.15, 0.2) is 18.2 Å². The normalized spacial score (nSPS) is 9.00. The van der Waals surface area contributed by atoms with Gasteiger partial charge in [-0.25, -0.2) is 9.18 Å². The SMILES string of the molecule is COC(=O)c1cc(C#CCCl)ccc1F. The van der Waals surface area contributed by atoms with Gasteiger partial charge in [0.25, 0.3) is 0 Å². The number of esters is 1. The van der Waals surface area contributed by atoms with E-state index in [1.165, 1.54) is 25.3 Å². The van der Waals surface area contributed by atoms with Crippen LogP contribution in [-0.4, -0.2) is 19.0 Å². The van der Waals surface area contributed by atoms with Crippen LogP contribution in [0.2, 0.25) is 0 Å². The third kappa shape index (κ3) is 2.97. The zero-order valence-electron chi connectivity index (χ0n) is 8.01. The highest BCUT2D eigenvalue weighted by molar-refractivity contribution is 6.19. The van der Waals surface area contributed by atoms with Crippen molar-refractivity contribution in [2.24, 2.45) is 0 Å². The average Bonchev–Trinajstić information content (AvgIpc) is 2.27. The lowest BCUT2D eigenvalue weighted by Gasteiger charge is -2.00. The van der Waals surface area contributed by atoms with Gasteiger partial charge in [0.2, 0.25) is 0 Å². The Kier molecular flexibility index (Phi) is 4.14. The van der Waals surface area contributed by atoms with Crippen LogP contribution in [0.3, 0.4) is 0 Å². The van der Waals surface area contributed by atoms with Gasteiger partial charge in [-0.15, -0.1) is 11.6 Å². The van der Waals surface area contributed by atoms with E-state index < -0.39 is 11.8 Å². The van der Waals surface area contributed by atoms with Crippen LogP contribution in [0.5, 0.6) is 0 Å². The number of hydrogen-bond acceptors (Lipinski definition) is 2. The summed E-state index contributed by atoms with van der Waals surface area (Å²) in [5.74, 6) is 4.13. The zero-order chi connectivity index (χ0) is 11.3. The molecule has 0 atom stereocenters. The van der Waals surface area contributed by atoms with Gasteiger partial charge in [0.05, 0.1) is 18.6 Å². The van der Waals surface area contributed by atoms with Gasteiger partial charge in [-0.3, -0.25) is 0 Å². The van der Waals surface area contributed by atoms with Crippen molar-refractivity contribution >= 4 is 17.6 Å². The second-order valence-electron chi connectivity index (χ2n) is 2.62. The first-order valence-corrected chi connectivity index (χ1v) is 4.65. The van der Waals surface area contributed by atoms with E-state index in [4.69, 9.17) is 11.6 Å². The topological polar surface area (TPSA) is 26.3 Å². The first-order chi connectivity index (χ1) is 7.19. The van der Waals surface area contributed by atoms with Crippen molar-refractivity contribution in [2.45, 2.75) is 0 Å². The van der Waals surface area contributed by atoms with Gasteiger partial charge in [0.1, 0.15) is 5.82 Å². The maximum absolute atomic E-state index is 13.2. The van der Waals surface area contributed by atoms with E-state index >= 15 is 0 Å². The van der Waals surface area contributed by atoms with Gasteiger partial charge in [-0.05, 0) is 18.2 Å². The van der Waals surface area contributed by atoms with Crippen molar-refractivity contribution in [3.8, 4) is 11.8 Å². The summed E-state index contributed by atoms with van der Waals surface area (Å²) < 4.78 is 17.6. The molecule has 1 aromatic carbocycles. The molecule has 4 heteroatoms. The molecule has 0 N–H and O–H groups in total. The molecule has 0 unspecified atom stereocenters. The minimum atomic E-state index is -0.720. The Bertz CT molecular complexity index is 432. The number of methoxy groups -OCH3 is 1. The fourth-order valence-corrected chi connectivity index (χ4v) is 1.07. The number of hydrogen-bond donors (Lipinski definition) is 0. The van der Waals surface area contributed by atoms with Crippen molar-refractivity contribution in [3.63, 3.8) is 0 Å². The van der Waals surface area contributed by atoms with E-state index in [2.05, 4.69) is 16.6 Å². The predicted molar refractivity (Wildman–Crippen MR) is 55.3 cm³/mol. The minimum absolute atomic E-state index is 0.126. The summed E-state index contributed by atoms with van der Waals surface area (Å²) in [6.07, 6.45) is 0. The van der Waals surface area contributed by atoms with Crippen LogP contribution in [0, 0.1) is 17.7 Å². The molecule has 0 amide bonds. The van der Waals surface area contributed by atoms with Crippen molar-refractivity contribution in [1.29, 1.82) is 0 Å². The van der Waals surface area contributed by atoms with Crippen molar-refractivity contribution in [3.05, 3.63) is 35.1 Å². The highest BCUT2D eigenvalue weighted by Gasteiger charge is 2.11. The Morgan fingerprint density at radius 2 is 2.33 bits per heavy atom. The fourth-order valence-electron chi connectivity index (χ4n) is 1.00. The Balaban J connectivity index is 3.10. The quantitative estimate of drug-likeness (QED) is 0.417. The largest absolute Gasteiger partial charge is 0.465 e. The number of halogens is 2. The molecule has 0 aliphatic heterocycles. The molecule has 1 aromatic rings. The van der Waals surface area contributed by atoms with Crippen LogP contribution in [-0.2, 0) is 4.74 Å². The van der Waals surface area contributed by atoms with E-state index in [1.807, 2.05) is 0 Å². The molecule has 0 bridgehead atoms. The number of carbonyl (C=O) groups is 1. The number of carbonyl (C=O) groups excluding carboxylic acids is 1. The average molecular weight is 227 g/mol. The molecule has 0 spiro atoms. The lowest BCUT2D eigenvalue weighted by atomic mass is 10.1. The molecule has 0 fully saturated rings. The molecule has 0 aliphatic carbocycles. The molecule has 0 saturated heterocycles. The van der Waals surface area contributed by atoms with Gasteiger partial charge in [0.15, 0.2) is 0 Å². The molecule has 0 aliphatic rings. The molecular formula is C11H8ClFO2. The number of ether oxygens (including phenoxy) is 1. The smallest absolute Gasteiger partial charge is 0.340 e. The summed E-state index contributed by atoms with van der Waals surface area (Å²) in [5, 5.41) is 0. The molecule has 2 nitrogen and oxygen atoms in total. The molecule has 0 saturated carbocycles. The first kappa shape index (κ1) is 11.5. The number of benzene rings is 1. The lowest BCUT2D eigenvalue weighted by molar-refractivity contribution is 0.0595. The van der Waals surface area contributed by atoms with Gasteiger partial charge in [-0.1, -0.05) is 11.8 Å². The van der Waals surface area contributed by atoms with E-state index in [-0.39, 0.29) is 11.4 Å². The Hall–Kier alpha value is -1.53. The summed E-state index contributed by atoms with van der Waals surface area (Å²) in [7, 11) is 1.19. The van der Waals surface area contributed by atoms with Crippen LogP contribution in [0.25, 0.3) is 0 Å². The molecule has 0 aromatic heterocycles. The van der Waals surface area contributed by atoms with Crippen molar-refractivity contribution in [1.82, 2.24) is 0 Å². The first-order valence-electron chi connectivity index (χ1n) is 4.11. The van der Waals surface area contributed by atoms with E-state index in [1.54, 1.807) is 0 Å². The summed E-state index contributed by atoms with van der Waals surface area (Å²) in [4.78, 5) is 11.1. The maximum Gasteiger partial charge on any atom is 0.340 e. The van der Waals surface area contributed by atoms with Crippen molar-refractivity contribution in [2.75, 3.05) is 13.0 Å². The molecular weight excluding hydrogens is 219 g/mol. The summed E-state index contributed by atoms with van der Waals surface area (Å²) in [5.41, 5.74) is 0.399. The van der Waals surface area contributed by atoms with Crippen molar-refractivity contribution < 1.29 is 13.9 Å². The second kappa shape index (κ2) is 5.38. The van der Waals surface area contributed by atoms with Gasteiger partial charge in [0, 0.05) is 5.56 Å². The minimum Gasteiger partial charge on any atom is -0.465 e. The van der Waals surface area contributed by atoms with E-state index in [0.29, 0.717) is 5.56 Å². The Morgan fingerprint density at radius 1 is 1.60 bits per heavy atom. The van der Waals surface area contributed by atoms with Crippen LogP contribution in [0.4, 0.5) is 4.39 Å². The molecule has 1 rings (SSSR count). The molecule has 78 valence electrons. The Labute approximate surface area is 92.0 Å². The van der Waals surface area contributed by atoms with Crippen LogP contribution >= 0.6 is 11.6 Å². The zero-order valence-corrected chi connectivity index (χ0v) is 8.77. The second-order valence-corrected chi connectivity index (χ2v) is 2.89. The number of rotatable bonds is 1. The highest BCUT2D eigenvalue weighted by Crippen LogP contribution is 2.11. The maximum atomic E-state index is 13.2. The monoisotopic (exact) mass is 226 g/mol. The van der Waals surface area contributed by atoms with E-state index in [9.17, 15) is 9.18 Å².